The van der Waals surface area contributed by atoms with Crippen molar-refractivity contribution in [1.82, 2.24) is 10.6 Å². The summed E-state index contributed by atoms with van der Waals surface area (Å²) in [6.45, 7) is 3.09. The van der Waals surface area contributed by atoms with E-state index in [1.54, 1.807) is 12.1 Å². The molecule has 2 N–H and O–H groups in total. The fourth-order valence-corrected chi connectivity index (χ4v) is 1.97. The number of amides is 1. The molecule has 0 spiro atoms. The van der Waals surface area contributed by atoms with Crippen LogP contribution >= 0.6 is 34.8 Å². The summed E-state index contributed by atoms with van der Waals surface area (Å²) >= 11 is 17.9. The van der Waals surface area contributed by atoms with Crippen molar-refractivity contribution in [3.63, 3.8) is 0 Å². The van der Waals surface area contributed by atoms with E-state index in [1.807, 2.05) is 6.92 Å². The third kappa shape index (κ3) is 4.36. The zero-order valence-corrected chi connectivity index (χ0v) is 11.6. The molecule has 0 aliphatic carbocycles. The van der Waals surface area contributed by atoms with Gasteiger partial charge in [-0.3, -0.25) is 4.79 Å². The molecule has 1 amide bonds. The highest BCUT2D eigenvalue weighted by molar-refractivity contribution is 6.44. The molecule has 6 heteroatoms. The number of carbonyl (C=O) groups excluding carboxylic acids is 1. The van der Waals surface area contributed by atoms with Crippen LogP contribution in [0.15, 0.2) is 12.1 Å². The Morgan fingerprint density at radius 1 is 1.24 bits per heavy atom. The van der Waals surface area contributed by atoms with Gasteiger partial charge >= 0.3 is 0 Å². The minimum absolute atomic E-state index is 0.0678. The summed E-state index contributed by atoms with van der Waals surface area (Å²) in [5, 5.41) is 7.03. The molecule has 1 rings (SSSR count). The van der Waals surface area contributed by atoms with Crippen molar-refractivity contribution in [1.29, 1.82) is 0 Å². The van der Waals surface area contributed by atoms with Crippen molar-refractivity contribution < 1.29 is 4.79 Å². The first-order valence-electron chi connectivity index (χ1n) is 5.16. The normalized spacial score (nSPS) is 10.4. The lowest BCUT2D eigenvalue weighted by Crippen LogP contribution is -2.33. The number of hydrogen-bond acceptors (Lipinski definition) is 2. The monoisotopic (exact) mass is 294 g/mol. The summed E-state index contributed by atoms with van der Waals surface area (Å²) in [6, 6.07) is 3.32. The second-order valence-electron chi connectivity index (χ2n) is 3.38. The average Bonchev–Trinajstić information content (AvgIpc) is 2.29. The molecule has 0 saturated heterocycles. The summed E-state index contributed by atoms with van der Waals surface area (Å²) in [5.41, 5.74) is 0.699. The highest BCUT2D eigenvalue weighted by Gasteiger charge is 2.09. The van der Waals surface area contributed by atoms with Gasteiger partial charge in [0, 0.05) is 23.7 Å². The summed E-state index contributed by atoms with van der Waals surface area (Å²) in [6.07, 6.45) is 0. The number of nitrogens with one attached hydrogen (secondary N) is 2. The van der Waals surface area contributed by atoms with Crippen molar-refractivity contribution in [2.75, 3.05) is 13.1 Å². The maximum Gasteiger partial charge on any atom is 0.233 e. The molecule has 1 aromatic carbocycles. The van der Waals surface area contributed by atoms with Crippen molar-refractivity contribution in [2.45, 2.75) is 13.5 Å². The first-order valence-corrected chi connectivity index (χ1v) is 6.29. The van der Waals surface area contributed by atoms with E-state index in [9.17, 15) is 4.79 Å². The third-order valence-electron chi connectivity index (χ3n) is 2.10. The van der Waals surface area contributed by atoms with E-state index in [2.05, 4.69) is 10.6 Å². The summed E-state index contributed by atoms with van der Waals surface area (Å²) < 4.78 is 0. The average molecular weight is 296 g/mol. The number of benzene rings is 1. The predicted molar refractivity (Wildman–Crippen MR) is 71.9 cm³/mol. The van der Waals surface area contributed by atoms with Gasteiger partial charge in [0.05, 0.1) is 16.6 Å². The van der Waals surface area contributed by atoms with Gasteiger partial charge < -0.3 is 10.6 Å². The molecular weight excluding hydrogens is 282 g/mol. The van der Waals surface area contributed by atoms with Gasteiger partial charge in [-0.15, -0.1) is 0 Å². The molecule has 0 fully saturated rings. The second-order valence-corrected chi connectivity index (χ2v) is 4.57. The molecule has 0 atom stereocenters. The van der Waals surface area contributed by atoms with E-state index in [4.69, 9.17) is 34.8 Å². The van der Waals surface area contributed by atoms with Crippen molar-refractivity contribution in [3.05, 3.63) is 32.8 Å². The number of carbonyl (C=O) groups is 1. The molecule has 0 unspecified atom stereocenters. The molecule has 3 nitrogen and oxygen atoms in total. The van der Waals surface area contributed by atoms with Crippen LogP contribution in [0, 0.1) is 0 Å². The lowest BCUT2D eigenvalue weighted by atomic mass is 10.2. The zero-order valence-electron chi connectivity index (χ0n) is 9.32. The van der Waals surface area contributed by atoms with E-state index in [-0.39, 0.29) is 12.5 Å². The fourth-order valence-electron chi connectivity index (χ4n) is 1.29. The molecule has 0 aliphatic heterocycles. The van der Waals surface area contributed by atoms with E-state index >= 15 is 0 Å². The maximum atomic E-state index is 11.2. The van der Waals surface area contributed by atoms with Gasteiger partial charge in [0.25, 0.3) is 0 Å². The van der Waals surface area contributed by atoms with Crippen LogP contribution in [-0.4, -0.2) is 19.0 Å². The Bertz CT molecular complexity index is 410. The van der Waals surface area contributed by atoms with Crippen LogP contribution in [0.1, 0.15) is 12.5 Å². The SMILES string of the molecule is CCNC(=O)CNCc1c(Cl)ccc(Cl)c1Cl. The first-order chi connectivity index (χ1) is 8.06. The third-order valence-corrected chi connectivity index (χ3v) is 3.30. The van der Waals surface area contributed by atoms with Crippen LogP contribution in [0.25, 0.3) is 0 Å². The van der Waals surface area contributed by atoms with Gasteiger partial charge in [0.1, 0.15) is 0 Å². The number of likely N-dealkylation sites (N-methyl/N-ethyl adjacent to an activating group) is 1. The minimum atomic E-state index is -0.0678. The Hall–Kier alpha value is -0.480. The Morgan fingerprint density at radius 3 is 2.53 bits per heavy atom. The smallest absolute Gasteiger partial charge is 0.233 e. The van der Waals surface area contributed by atoms with Crippen LogP contribution < -0.4 is 10.6 Å². The van der Waals surface area contributed by atoms with Crippen LogP contribution in [0.5, 0.6) is 0 Å². The lowest BCUT2D eigenvalue weighted by molar-refractivity contribution is -0.120. The molecular formula is C11H13Cl3N2O. The molecule has 94 valence electrons. The van der Waals surface area contributed by atoms with Gasteiger partial charge in [-0.25, -0.2) is 0 Å². The van der Waals surface area contributed by atoms with E-state index < -0.39 is 0 Å². The summed E-state index contributed by atoms with van der Waals surface area (Å²) in [5.74, 6) is -0.0678. The molecule has 0 saturated carbocycles. The van der Waals surface area contributed by atoms with Gasteiger partial charge in [-0.2, -0.15) is 0 Å². The number of halogens is 3. The van der Waals surface area contributed by atoms with Crippen LogP contribution in [-0.2, 0) is 11.3 Å². The quantitative estimate of drug-likeness (QED) is 0.820. The highest BCUT2D eigenvalue weighted by atomic mass is 35.5. The standard InChI is InChI=1S/C11H13Cl3N2O/c1-2-16-10(17)6-15-5-7-8(12)3-4-9(13)11(7)14/h3-4,15H,2,5-6H2,1H3,(H,16,17). The minimum Gasteiger partial charge on any atom is -0.355 e. The molecule has 0 aliphatic rings. The van der Waals surface area contributed by atoms with Gasteiger partial charge in [-0.1, -0.05) is 34.8 Å². The molecule has 17 heavy (non-hydrogen) atoms. The first kappa shape index (κ1) is 14.6. The Balaban J connectivity index is 2.58. The van der Waals surface area contributed by atoms with Crippen molar-refractivity contribution in [3.8, 4) is 0 Å². The van der Waals surface area contributed by atoms with E-state index in [0.717, 1.165) is 0 Å². The molecule has 0 heterocycles. The highest BCUT2D eigenvalue weighted by Crippen LogP contribution is 2.31. The van der Waals surface area contributed by atoms with E-state index in [0.29, 0.717) is 33.7 Å². The Morgan fingerprint density at radius 2 is 1.88 bits per heavy atom. The van der Waals surface area contributed by atoms with Crippen LogP contribution in [0.2, 0.25) is 15.1 Å². The lowest BCUT2D eigenvalue weighted by Gasteiger charge is -2.09. The predicted octanol–water partition coefficient (Wildman–Crippen LogP) is 2.87. The second kappa shape index (κ2) is 7.07. The largest absolute Gasteiger partial charge is 0.355 e. The Labute approximate surface area is 115 Å². The van der Waals surface area contributed by atoms with Gasteiger partial charge in [-0.05, 0) is 19.1 Å². The van der Waals surface area contributed by atoms with Gasteiger partial charge in [0.15, 0.2) is 0 Å². The van der Waals surface area contributed by atoms with Crippen molar-refractivity contribution >= 4 is 40.7 Å². The Kier molecular flexibility index (Phi) is 6.06. The summed E-state index contributed by atoms with van der Waals surface area (Å²) in [7, 11) is 0. The topological polar surface area (TPSA) is 41.1 Å². The molecule has 1 aromatic rings. The molecule has 0 aromatic heterocycles. The van der Waals surface area contributed by atoms with Crippen LogP contribution in [0.3, 0.4) is 0 Å². The molecule has 0 radical (unpaired) electrons. The van der Waals surface area contributed by atoms with Gasteiger partial charge in [0.2, 0.25) is 5.91 Å². The van der Waals surface area contributed by atoms with Crippen LogP contribution in [0.4, 0.5) is 0 Å². The zero-order chi connectivity index (χ0) is 12.8. The maximum absolute atomic E-state index is 11.2. The fraction of sp³-hybridized carbons (Fsp3) is 0.364. The number of hydrogen-bond donors (Lipinski definition) is 2. The number of rotatable bonds is 5. The van der Waals surface area contributed by atoms with E-state index in [1.165, 1.54) is 0 Å². The molecule has 0 bridgehead atoms. The van der Waals surface area contributed by atoms with Crippen molar-refractivity contribution in [2.24, 2.45) is 0 Å². The summed E-state index contributed by atoms with van der Waals surface area (Å²) in [4.78, 5) is 11.2.